The number of aromatic hydroxyl groups is 1. The van der Waals surface area contributed by atoms with Gasteiger partial charge in [-0.05, 0) is 59.7 Å². The summed E-state index contributed by atoms with van der Waals surface area (Å²) in [5.74, 6) is 2.41. The number of nitrogens with zero attached hydrogens (tertiary/aromatic N) is 1. The molecular weight excluding hydrogens is 326 g/mol. The molecule has 1 N–H and O–H groups in total. The first kappa shape index (κ1) is 18.6. The number of ether oxygens (including phenoxy) is 2. The van der Waals surface area contributed by atoms with Crippen molar-refractivity contribution in [3.8, 4) is 17.2 Å². The Bertz CT molecular complexity index is 798. The fraction of sp³-hybridized carbons (Fsp3) is 0.455. The van der Waals surface area contributed by atoms with E-state index >= 15 is 0 Å². The predicted molar refractivity (Wildman–Crippen MR) is 104 cm³/mol. The van der Waals surface area contributed by atoms with E-state index in [-0.39, 0.29) is 0 Å². The van der Waals surface area contributed by atoms with Gasteiger partial charge in [0, 0.05) is 25.2 Å². The number of phenols is 1. The average Bonchev–Trinajstić information content (AvgIpc) is 2.62. The Hall–Kier alpha value is -2.20. The van der Waals surface area contributed by atoms with Gasteiger partial charge in [0.1, 0.15) is 5.75 Å². The van der Waals surface area contributed by atoms with Crippen LogP contribution in [-0.2, 0) is 19.5 Å². The number of benzene rings is 2. The van der Waals surface area contributed by atoms with Gasteiger partial charge >= 0.3 is 0 Å². The van der Waals surface area contributed by atoms with Crippen LogP contribution >= 0.6 is 0 Å². The van der Waals surface area contributed by atoms with Crippen LogP contribution in [0, 0.1) is 6.92 Å². The van der Waals surface area contributed by atoms with E-state index in [1.165, 1.54) is 16.7 Å². The third-order valence-corrected chi connectivity index (χ3v) is 5.28. The van der Waals surface area contributed by atoms with Gasteiger partial charge in [0.05, 0.1) is 14.2 Å². The Balaban J connectivity index is 1.83. The summed E-state index contributed by atoms with van der Waals surface area (Å²) in [6.45, 7) is 9.02. The largest absolute Gasteiger partial charge is 0.508 e. The van der Waals surface area contributed by atoms with Gasteiger partial charge in [-0.15, -0.1) is 0 Å². The van der Waals surface area contributed by atoms with Gasteiger partial charge < -0.3 is 14.6 Å². The molecule has 140 valence electrons. The van der Waals surface area contributed by atoms with Crippen molar-refractivity contribution in [2.45, 2.75) is 46.2 Å². The lowest BCUT2D eigenvalue weighted by molar-refractivity contribution is 0.241. The molecule has 2 aromatic carbocycles. The molecule has 0 spiro atoms. The molecule has 4 nitrogen and oxygen atoms in total. The molecule has 0 unspecified atom stereocenters. The standard InChI is InChI=1S/C22H29NO3/c1-14(2)19-9-18(20(24)8-15(19)3)13-23-7-6-16-10-21(25-4)22(26-5)11-17(16)12-23/h8-11,14,24H,6-7,12-13H2,1-5H3. The molecule has 0 fully saturated rings. The first-order chi connectivity index (χ1) is 12.4. The Kier molecular flexibility index (Phi) is 5.42. The number of fused-ring (bicyclic) bond motifs is 1. The topological polar surface area (TPSA) is 41.9 Å². The van der Waals surface area contributed by atoms with E-state index in [0.29, 0.717) is 11.7 Å². The number of hydrogen-bond donors (Lipinski definition) is 1. The molecule has 0 saturated carbocycles. The first-order valence-corrected chi connectivity index (χ1v) is 9.21. The van der Waals surface area contributed by atoms with Crippen LogP contribution in [0.3, 0.4) is 0 Å². The summed E-state index contributed by atoms with van der Waals surface area (Å²) in [5, 5.41) is 10.4. The van der Waals surface area contributed by atoms with E-state index < -0.39 is 0 Å². The zero-order chi connectivity index (χ0) is 18.8. The smallest absolute Gasteiger partial charge is 0.161 e. The van der Waals surface area contributed by atoms with Crippen molar-refractivity contribution in [3.05, 3.63) is 52.1 Å². The minimum Gasteiger partial charge on any atom is -0.508 e. The molecule has 1 heterocycles. The van der Waals surface area contributed by atoms with E-state index in [2.05, 4.69) is 43.9 Å². The summed E-state index contributed by atoms with van der Waals surface area (Å²) in [5.41, 5.74) is 6.05. The summed E-state index contributed by atoms with van der Waals surface area (Å²) < 4.78 is 10.9. The maximum Gasteiger partial charge on any atom is 0.161 e. The maximum atomic E-state index is 10.4. The molecule has 0 amide bonds. The van der Waals surface area contributed by atoms with Crippen molar-refractivity contribution in [1.82, 2.24) is 4.90 Å². The molecule has 0 bridgehead atoms. The van der Waals surface area contributed by atoms with Gasteiger partial charge in [0.15, 0.2) is 11.5 Å². The molecule has 1 aliphatic heterocycles. The summed E-state index contributed by atoms with van der Waals surface area (Å²) in [6.07, 6.45) is 0.972. The summed E-state index contributed by atoms with van der Waals surface area (Å²) in [6, 6.07) is 8.23. The van der Waals surface area contributed by atoms with Crippen LogP contribution in [0.4, 0.5) is 0 Å². The molecule has 3 rings (SSSR count). The van der Waals surface area contributed by atoms with Crippen molar-refractivity contribution in [2.24, 2.45) is 0 Å². The normalized spacial score (nSPS) is 14.4. The lowest BCUT2D eigenvalue weighted by Gasteiger charge is -2.30. The molecule has 4 heteroatoms. The van der Waals surface area contributed by atoms with Crippen LogP contribution in [0.25, 0.3) is 0 Å². The number of phenolic OH excluding ortho intramolecular Hbond substituents is 1. The highest BCUT2D eigenvalue weighted by molar-refractivity contribution is 5.48. The number of hydrogen-bond acceptors (Lipinski definition) is 4. The van der Waals surface area contributed by atoms with Crippen molar-refractivity contribution >= 4 is 0 Å². The van der Waals surface area contributed by atoms with Gasteiger partial charge in [-0.25, -0.2) is 0 Å². The molecule has 26 heavy (non-hydrogen) atoms. The van der Waals surface area contributed by atoms with Crippen LogP contribution in [0.15, 0.2) is 24.3 Å². The molecule has 0 saturated heterocycles. The van der Waals surface area contributed by atoms with E-state index in [4.69, 9.17) is 9.47 Å². The second kappa shape index (κ2) is 7.58. The lowest BCUT2D eigenvalue weighted by atomic mass is 9.94. The highest BCUT2D eigenvalue weighted by Gasteiger charge is 2.21. The first-order valence-electron chi connectivity index (χ1n) is 9.21. The lowest BCUT2D eigenvalue weighted by Crippen LogP contribution is -2.30. The molecule has 0 atom stereocenters. The van der Waals surface area contributed by atoms with Crippen molar-refractivity contribution in [1.29, 1.82) is 0 Å². The van der Waals surface area contributed by atoms with Crippen LogP contribution < -0.4 is 9.47 Å². The van der Waals surface area contributed by atoms with E-state index in [9.17, 15) is 5.11 Å². The number of methoxy groups -OCH3 is 2. The Morgan fingerprint density at radius 3 is 2.31 bits per heavy atom. The maximum absolute atomic E-state index is 10.4. The molecule has 0 aliphatic carbocycles. The highest BCUT2D eigenvalue weighted by Crippen LogP contribution is 2.34. The average molecular weight is 355 g/mol. The molecule has 1 aliphatic rings. The zero-order valence-corrected chi connectivity index (χ0v) is 16.4. The zero-order valence-electron chi connectivity index (χ0n) is 16.4. The van der Waals surface area contributed by atoms with Crippen molar-refractivity contribution in [3.63, 3.8) is 0 Å². The minimum absolute atomic E-state index is 0.394. The van der Waals surface area contributed by atoms with Gasteiger partial charge in [-0.2, -0.15) is 0 Å². The summed E-state index contributed by atoms with van der Waals surface area (Å²) in [7, 11) is 3.34. The fourth-order valence-corrected chi connectivity index (χ4v) is 3.82. The predicted octanol–water partition coefficient (Wildman–Crippen LogP) is 4.40. The van der Waals surface area contributed by atoms with Gasteiger partial charge in [0.2, 0.25) is 0 Å². The van der Waals surface area contributed by atoms with E-state index in [0.717, 1.165) is 48.7 Å². The number of aryl methyl sites for hydroxylation is 1. The summed E-state index contributed by atoms with van der Waals surface area (Å²) in [4.78, 5) is 2.38. The van der Waals surface area contributed by atoms with Crippen molar-refractivity contribution < 1.29 is 14.6 Å². The monoisotopic (exact) mass is 355 g/mol. The van der Waals surface area contributed by atoms with Crippen LogP contribution in [0.2, 0.25) is 0 Å². The van der Waals surface area contributed by atoms with Crippen LogP contribution in [-0.4, -0.2) is 30.8 Å². The van der Waals surface area contributed by atoms with E-state index in [1.807, 2.05) is 6.07 Å². The molecule has 0 radical (unpaired) electrons. The van der Waals surface area contributed by atoms with Crippen LogP contribution in [0.1, 0.15) is 47.6 Å². The Morgan fingerprint density at radius 1 is 1.04 bits per heavy atom. The molecule has 2 aromatic rings. The van der Waals surface area contributed by atoms with Crippen molar-refractivity contribution in [2.75, 3.05) is 20.8 Å². The van der Waals surface area contributed by atoms with Gasteiger partial charge in [0.25, 0.3) is 0 Å². The van der Waals surface area contributed by atoms with Crippen LogP contribution in [0.5, 0.6) is 17.2 Å². The Morgan fingerprint density at radius 2 is 1.69 bits per heavy atom. The summed E-state index contributed by atoms with van der Waals surface area (Å²) >= 11 is 0. The van der Waals surface area contributed by atoms with E-state index in [1.54, 1.807) is 14.2 Å². The fourth-order valence-electron chi connectivity index (χ4n) is 3.82. The number of rotatable bonds is 5. The highest BCUT2D eigenvalue weighted by atomic mass is 16.5. The Labute approximate surface area is 156 Å². The molecule has 0 aromatic heterocycles. The van der Waals surface area contributed by atoms with Gasteiger partial charge in [-0.1, -0.05) is 19.9 Å². The third kappa shape index (κ3) is 3.65. The quantitative estimate of drug-likeness (QED) is 0.863. The SMILES string of the molecule is COc1cc2c(cc1OC)CN(Cc1cc(C(C)C)c(C)cc1O)CC2. The second-order valence-corrected chi connectivity index (χ2v) is 7.43. The molecular formula is C22H29NO3. The minimum atomic E-state index is 0.394. The van der Waals surface area contributed by atoms with Gasteiger partial charge in [-0.3, -0.25) is 4.90 Å². The third-order valence-electron chi connectivity index (χ3n) is 5.28. The second-order valence-electron chi connectivity index (χ2n) is 7.43.